The first-order valence-corrected chi connectivity index (χ1v) is 8.89. The summed E-state index contributed by atoms with van der Waals surface area (Å²) >= 11 is 0. The van der Waals surface area contributed by atoms with Gasteiger partial charge in [-0.1, -0.05) is 42.5 Å². The van der Waals surface area contributed by atoms with Gasteiger partial charge in [0.1, 0.15) is 11.4 Å². The van der Waals surface area contributed by atoms with Crippen molar-refractivity contribution in [3.05, 3.63) is 65.7 Å². The third kappa shape index (κ3) is 4.22. The van der Waals surface area contributed by atoms with Crippen LogP contribution in [0.1, 0.15) is 37.4 Å². The molecule has 1 fully saturated rings. The molecule has 0 saturated carbocycles. The van der Waals surface area contributed by atoms with E-state index in [1.807, 2.05) is 50.2 Å². The van der Waals surface area contributed by atoms with Crippen molar-refractivity contribution in [2.24, 2.45) is 0 Å². The fourth-order valence-electron chi connectivity index (χ4n) is 3.26. The van der Waals surface area contributed by atoms with Gasteiger partial charge in [0.15, 0.2) is 6.61 Å². The van der Waals surface area contributed by atoms with E-state index < -0.39 is 18.2 Å². The van der Waals surface area contributed by atoms with Gasteiger partial charge >= 0.3 is 12.1 Å². The van der Waals surface area contributed by atoms with Crippen molar-refractivity contribution in [3.8, 4) is 5.75 Å². The fourth-order valence-corrected chi connectivity index (χ4v) is 3.26. The van der Waals surface area contributed by atoms with Crippen molar-refractivity contribution in [3.63, 3.8) is 0 Å². The molecule has 27 heavy (non-hydrogen) atoms. The molecule has 2 aromatic rings. The molecule has 0 aromatic heterocycles. The second kappa shape index (κ2) is 7.70. The van der Waals surface area contributed by atoms with Crippen LogP contribution in [0, 0.1) is 0 Å². The summed E-state index contributed by atoms with van der Waals surface area (Å²) in [6.45, 7) is 4.01. The van der Waals surface area contributed by atoms with E-state index in [9.17, 15) is 9.59 Å². The molecule has 2 aromatic carbocycles. The summed E-state index contributed by atoms with van der Waals surface area (Å²) in [6, 6.07) is 16.6. The summed E-state index contributed by atoms with van der Waals surface area (Å²) in [7, 11) is 0. The van der Waals surface area contributed by atoms with Gasteiger partial charge in [-0.25, -0.2) is 9.59 Å². The molecule has 0 spiro atoms. The standard InChI is InChI=1S/C21H23NO5/c1-15(16-7-6-10-18(13-16)26-14-19(23)24)22-12-11-21(2,27-20(22)25)17-8-4-3-5-9-17/h3-10,13,15H,11-12,14H2,1-2H3,(H,23,24)/t15-,21-/m0/s1. The number of carboxylic acids is 1. The molecule has 1 aliphatic rings. The zero-order valence-electron chi connectivity index (χ0n) is 15.4. The fraction of sp³-hybridized carbons (Fsp3) is 0.333. The number of benzene rings is 2. The molecule has 6 heteroatoms. The Morgan fingerprint density at radius 1 is 1.26 bits per heavy atom. The molecule has 3 rings (SSSR count). The van der Waals surface area contributed by atoms with E-state index in [-0.39, 0.29) is 12.1 Å². The monoisotopic (exact) mass is 369 g/mol. The van der Waals surface area contributed by atoms with Crippen LogP contribution in [-0.2, 0) is 15.1 Å². The number of cyclic esters (lactones) is 1. The smallest absolute Gasteiger partial charge is 0.411 e. The predicted molar refractivity (Wildman–Crippen MR) is 99.6 cm³/mol. The van der Waals surface area contributed by atoms with Crippen molar-refractivity contribution in [1.29, 1.82) is 0 Å². The molecule has 1 amide bonds. The van der Waals surface area contributed by atoms with Gasteiger partial charge in [-0.15, -0.1) is 0 Å². The Kier molecular flexibility index (Phi) is 5.35. The van der Waals surface area contributed by atoms with Crippen LogP contribution in [0.5, 0.6) is 5.75 Å². The number of amides is 1. The summed E-state index contributed by atoms with van der Waals surface area (Å²) in [5.74, 6) is -0.575. The summed E-state index contributed by atoms with van der Waals surface area (Å²) in [4.78, 5) is 25.0. The maximum Gasteiger partial charge on any atom is 0.411 e. The van der Waals surface area contributed by atoms with Crippen molar-refractivity contribution >= 4 is 12.1 Å². The SMILES string of the molecule is C[C@@H](c1cccc(OCC(=O)O)c1)N1CC[C@@](C)(c2ccccc2)OC1=O. The summed E-state index contributed by atoms with van der Waals surface area (Å²) < 4.78 is 11.0. The Hall–Kier alpha value is -3.02. The molecule has 1 heterocycles. The average molecular weight is 369 g/mol. The molecule has 0 unspecified atom stereocenters. The lowest BCUT2D eigenvalue weighted by molar-refractivity contribution is -0.139. The summed E-state index contributed by atoms with van der Waals surface area (Å²) in [5.41, 5.74) is 1.20. The number of ether oxygens (including phenoxy) is 2. The highest BCUT2D eigenvalue weighted by Gasteiger charge is 2.39. The van der Waals surface area contributed by atoms with Gasteiger partial charge in [-0.05, 0) is 37.1 Å². The minimum Gasteiger partial charge on any atom is -0.482 e. The largest absolute Gasteiger partial charge is 0.482 e. The molecule has 2 atom stereocenters. The van der Waals surface area contributed by atoms with E-state index in [0.717, 1.165) is 11.1 Å². The van der Waals surface area contributed by atoms with E-state index in [4.69, 9.17) is 14.6 Å². The molecular weight excluding hydrogens is 346 g/mol. The highest BCUT2D eigenvalue weighted by atomic mass is 16.6. The molecule has 1 saturated heterocycles. The van der Waals surface area contributed by atoms with Crippen LogP contribution in [-0.4, -0.2) is 35.2 Å². The third-order valence-corrected chi connectivity index (χ3v) is 4.93. The first-order valence-electron chi connectivity index (χ1n) is 8.89. The molecule has 142 valence electrons. The van der Waals surface area contributed by atoms with Gasteiger partial charge in [0, 0.05) is 13.0 Å². The summed E-state index contributed by atoms with van der Waals surface area (Å²) in [6.07, 6.45) is 0.319. The predicted octanol–water partition coefficient (Wildman–Crippen LogP) is 3.97. The van der Waals surface area contributed by atoms with Crippen LogP contribution < -0.4 is 4.74 Å². The van der Waals surface area contributed by atoms with Crippen LogP contribution in [0.15, 0.2) is 54.6 Å². The van der Waals surface area contributed by atoms with E-state index in [1.54, 1.807) is 23.1 Å². The Morgan fingerprint density at radius 2 is 2.00 bits per heavy atom. The Balaban J connectivity index is 1.72. The Morgan fingerprint density at radius 3 is 2.67 bits per heavy atom. The van der Waals surface area contributed by atoms with Crippen LogP contribution >= 0.6 is 0 Å². The molecule has 1 aliphatic heterocycles. The maximum atomic E-state index is 12.7. The zero-order chi connectivity index (χ0) is 19.4. The van der Waals surface area contributed by atoms with Crippen molar-refractivity contribution in [1.82, 2.24) is 4.90 Å². The Labute approximate surface area is 158 Å². The second-order valence-corrected chi connectivity index (χ2v) is 6.84. The number of hydrogen-bond donors (Lipinski definition) is 1. The van der Waals surface area contributed by atoms with Crippen molar-refractivity contribution < 1.29 is 24.2 Å². The second-order valence-electron chi connectivity index (χ2n) is 6.84. The van der Waals surface area contributed by atoms with Crippen LogP contribution in [0.25, 0.3) is 0 Å². The van der Waals surface area contributed by atoms with Gasteiger partial charge in [-0.3, -0.25) is 0 Å². The first-order chi connectivity index (χ1) is 12.9. The highest BCUT2D eigenvalue weighted by Crippen LogP contribution is 2.36. The zero-order valence-corrected chi connectivity index (χ0v) is 15.4. The third-order valence-electron chi connectivity index (χ3n) is 4.93. The molecule has 0 aliphatic carbocycles. The molecule has 1 N–H and O–H groups in total. The molecule has 0 radical (unpaired) electrons. The number of aliphatic carboxylic acids is 1. The van der Waals surface area contributed by atoms with Crippen molar-refractivity contribution in [2.45, 2.75) is 31.9 Å². The lowest BCUT2D eigenvalue weighted by Crippen LogP contribution is -2.47. The summed E-state index contributed by atoms with van der Waals surface area (Å²) in [5, 5.41) is 8.74. The lowest BCUT2D eigenvalue weighted by Gasteiger charge is -2.41. The number of carboxylic acid groups (broad SMARTS) is 1. The van der Waals surface area contributed by atoms with Crippen LogP contribution in [0.4, 0.5) is 4.79 Å². The van der Waals surface area contributed by atoms with Gasteiger partial charge in [0.2, 0.25) is 0 Å². The van der Waals surface area contributed by atoms with Gasteiger partial charge in [-0.2, -0.15) is 0 Å². The number of rotatable bonds is 6. The molecule has 6 nitrogen and oxygen atoms in total. The number of carbonyl (C=O) groups is 2. The highest BCUT2D eigenvalue weighted by molar-refractivity contribution is 5.70. The quantitative estimate of drug-likeness (QED) is 0.834. The van der Waals surface area contributed by atoms with Crippen LogP contribution in [0.3, 0.4) is 0 Å². The van der Waals surface area contributed by atoms with Gasteiger partial charge < -0.3 is 19.5 Å². The normalized spacial score (nSPS) is 20.7. The maximum absolute atomic E-state index is 12.7. The lowest BCUT2D eigenvalue weighted by atomic mass is 9.90. The molecule has 0 bridgehead atoms. The van der Waals surface area contributed by atoms with Crippen LogP contribution in [0.2, 0.25) is 0 Å². The minimum absolute atomic E-state index is 0.216. The van der Waals surface area contributed by atoms with Gasteiger partial charge in [0.05, 0.1) is 6.04 Å². The van der Waals surface area contributed by atoms with E-state index >= 15 is 0 Å². The number of carbonyl (C=O) groups excluding carboxylic acids is 1. The first kappa shape index (κ1) is 18.8. The average Bonchev–Trinajstić information content (AvgIpc) is 2.67. The topological polar surface area (TPSA) is 76.1 Å². The number of nitrogens with zero attached hydrogens (tertiary/aromatic N) is 1. The Bertz CT molecular complexity index is 822. The van der Waals surface area contributed by atoms with Crippen molar-refractivity contribution in [2.75, 3.05) is 13.2 Å². The van der Waals surface area contributed by atoms with Gasteiger partial charge in [0.25, 0.3) is 0 Å². The minimum atomic E-state index is -1.03. The van der Waals surface area contributed by atoms with E-state index in [2.05, 4.69) is 0 Å². The number of hydrogen-bond acceptors (Lipinski definition) is 4. The van der Waals surface area contributed by atoms with E-state index in [0.29, 0.717) is 18.7 Å². The molecular formula is C21H23NO5. The van der Waals surface area contributed by atoms with E-state index in [1.165, 1.54) is 0 Å².